The van der Waals surface area contributed by atoms with Gasteiger partial charge in [0.15, 0.2) is 5.96 Å². The number of benzene rings is 2. The number of nitrogens with one attached hydrogen (secondary N) is 2. The first-order chi connectivity index (χ1) is 15.0. The molecule has 166 valence electrons. The molecule has 1 saturated heterocycles. The van der Waals surface area contributed by atoms with Gasteiger partial charge in [0.2, 0.25) is 0 Å². The van der Waals surface area contributed by atoms with Gasteiger partial charge in [0.05, 0.1) is 0 Å². The molecule has 1 atom stereocenters. The van der Waals surface area contributed by atoms with E-state index in [1.54, 1.807) is 19.0 Å². The number of hydrogen-bond acceptors (Lipinski definition) is 3. The van der Waals surface area contributed by atoms with Crippen LogP contribution >= 0.6 is 0 Å². The van der Waals surface area contributed by atoms with Gasteiger partial charge in [-0.2, -0.15) is 0 Å². The molecule has 0 spiro atoms. The van der Waals surface area contributed by atoms with E-state index in [4.69, 9.17) is 4.99 Å². The SMILES string of the molecule is CCNC(=NCCc1cccc(C(=O)N(C)C)c1)NC1CCN(c2ccc(C)cc2)C1. The van der Waals surface area contributed by atoms with Crippen LogP contribution in [-0.2, 0) is 6.42 Å². The second kappa shape index (κ2) is 10.8. The molecule has 1 aliphatic heterocycles. The Morgan fingerprint density at radius 2 is 1.97 bits per heavy atom. The van der Waals surface area contributed by atoms with E-state index in [-0.39, 0.29) is 5.91 Å². The molecule has 1 fully saturated rings. The predicted octanol–water partition coefficient (Wildman–Crippen LogP) is 3.07. The first-order valence-electron chi connectivity index (χ1n) is 11.1. The monoisotopic (exact) mass is 421 g/mol. The van der Waals surface area contributed by atoms with E-state index < -0.39 is 0 Å². The lowest BCUT2D eigenvalue weighted by molar-refractivity contribution is 0.0827. The number of nitrogens with zero attached hydrogens (tertiary/aromatic N) is 3. The topological polar surface area (TPSA) is 60.0 Å². The molecule has 2 N–H and O–H groups in total. The van der Waals surface area contributed by atoms with Gasteiger partial charge in [-0.25, -0.2) is 0 Å². The van der Waals surface area contributed by atoms with Gasteiger partial charge in [0.25, 0.3) is 5.91 Å². The standard InChI is InChI=1S/C25H35N5O/c1-5-26-25(27-15-13-20-7-6-8-21(17-20)24(31)29(3)4)28-22-14-16-30(18-22)23-11-9-19(2)10-12-23/h6-12,17,22H,5,13-16,18H2,1-4H3,(H2,26,27,28). The van der Waals surface area contributed by atoms with E-state index in [0.29, 0.717) is 12.6 Å². The number of hydrogen-bond donors (Lipinski definition) is 2. The molecule has 1 amide bonds. The summed E-state index contributed by atoms with van der Waals surface area (Å²) in [6.45, 7) is 7.72. The fraction of sp³-hybridized carbons (Fsp3) is 0.440. The molecule has 0 saturated carbocycles. The zero-order valence-electron chi connectivity index (χ0n) is 19.2. The highest BCUT2D eigenvalue weighted by molar-refractivity contribution is 5.94. The predicted molar refractivity (Wildman–Crippen MR) is 129 cm³/mol. The van der Waals surface area contributed by atoms with Crippen LogP contribution in [0.3, 0.4) is 0 Å². The van der Waals surface area contributed by atoms with Crippen molar-refractivity contribution in [1.29, 1.82) is 0 Å². The molecule has 2 aromatic carbocycles. The minimum Gasteiger partial charge on any atom is -0.369 e. The number of carbonyl (C=O) groups is 1. The average molecular weight is 422 g/mol. The molecule has 2 aromatic rings. The van der Waals surface area contributed by atoms with Crippen molar-refractivity contribution >= 4 is 17.6 Å². The highest BCUT2D eigenvalue weighted by atomic mass is 16.2. The van der Waals surface area contributed by atoms with E-state index in [2.05, 4.69) is 59.7 Å². The van der Waals surface area contributed by atoms with Crippen LogP contribution in [0.5, 0.6) is 0 Å². The number of rotatable bonds is 7. The Hall–Kier alpha value is -3.02. The second-order valence-electron chi connectivity index (χ2n) is 8.32. The normalized spacial score (nSPS) is 16.3. The lowest BCUT2D eigenvalue weighted by atomic mass is 10.1. The number of guanidine groups is 1. The highest BCUT2D eigenvalue weighted by Gasteiger charge is 2.23. The van der Waals surface area contributed by atoms with Crippen LogP contribution in [-0.4, -0.2) is 63.1 Å². The largest absolute Gasteiger partial charge is 0.369 e. The third-order valence-corrected chi connectivity index (χ3v) is 5.52. The first kappa shape index (κ1) is 22.7. The van der Waals surface area contributed by atoms with Gasteiger partial charge in [-0.3, -0.25) is 9.79 Å². The molecule has 3 rings (SSSR count). The Morgan fingerprint density at radius 1 is 1.19 bits per heavy atom. The molecule has 1 unspecified atom stereocenters. The molecule has 6 nitrogen and oxygen atoms in total. The van der Waals surface area contributed by atoms with Crippen molar-refractivity contribution in [2.75, 3.05) is 45.2 Å². The molecular weight excluding hydrogens is 386 g/mol. The van der Waals surface area contributed by atoms with Gasteiger partial charge < -0.3 is 20.4 Å². The van der Waals surface area contributed by atoms with E-state index >= 15 is 0 Å². The maximum absolute atomic E-state index is 12.2. The van der Waals surface area contributed by atoms with E-state index in [1.807, 2.05) is 18.2 Å². The summed E-state index contributed by atoms with van der Waals surface area (Å²) in [7, 11) is 3.55. The summed E-state index contributed by atoms with van der Waals surface area (Å²) >= 11 is 0. The van der Waals surface area contributed by atoms with Gasteiger partial charge in [-0.05, 0) is 56.5 Å². The molecule has 6 heteroatoms. The summed E-state index contributed by atoms with van der Waals surface area (Å²) in [5.74, 6) is 0.887. The first-order valence-corrected chi connectivity index (χ1v) is 11.1. The fourth-order valence-electron chi connectivity index (χ4n) is 3.80. The van der Waals surface area contributed by atoms with Crippen LogP contribution in [0, 0.1) is 6.92 Å². The van der Waals surface area contributed by atoms with Crippen LogP contribution in [0.2, 0.25) is 0 Å². The van der Waals surface area contributed by atoms with Crippen molar-refractivity contribution in [2.45, 2.75) is 32.7 Å². The van der Waals surface area contributed by atoms with Crippen LogP contribution < -0.4 is 15.5 Å². The molecule has 0 aromatic heterocycles. The minimum absolute atomic E-state index is 0.0275. The Labute approximate surface area is 186 Å². The Kier molecular flexibility index (Phi) is 7.93. The Balaban J connectivity index is 1.55. The number of carbonyl (C=O) groups excluding carboxylic acids is 1. The third-order valence-electron chi connectivity index (χ3n) is 5.52. The average Bonchev–Trinajstić information content (AvgIpc) is 3.22. The van der Waals surface area contributed by atoms with Gasteiger partial charge in [-0.15, -0.1) is 0 Å². The maximum atomic E-state index is 12.2. The Morgan fingerprint density at radius 3 is 2.68 bits per heavy atom. The molecule has 31 heavy (non-hydrogen) atoms. The molecule has 0 radical (unpaired) electrons. The van der Waals surface area contributed by atoms with Crippen LogP contribution in [0.25, 0.3) is 0 Å². The zero-order chi connectivity index (χ0) is 22.2. The van der Waals surface area contributed by atoms with Crippen LogP contribution in [0.4, 0.5) is 5.69 Å². The number of anilines is 1. The summed E-state index contributed by atoms with van der Waals surface area (Å²) in [4.78, 5) is 21.0. The van der Waals surface area contributed by atoms with Gasteiger partial charge in [0.1, 0.15) is 0 Å². The van der Waals surface area contributed by atoms with Gasteiger partial charge in [0, 0.05) is 57.6 Å². The molecule has 0 aliphatic carbocycles. The van der Waals surface area contributed by atoms with Crippen LogP contribution in [0.1, 0.15) is 34.8 Å². The highest BCUT2D eigenvalue weighted by Crippen LogP contribution is 2.20. The minimum atomic E-state index is 0.0275. The van der Waals surface area contributed by atoms with Crippen molar-refractivity contribution in [1.82, 2.24) is 15.5 Å². The summed E-state index contributed by atoms with van der Waals surface area (Å²) in [6, 6.07) is 16.9. The number of amides is 1. The quantitative estimate of drug-likeness (QED) is 0.533. The summed E-state index contributed by atoms with van der Waals surface area (Å²) in [5.41, 5.74) is 4.41. The summed E-state index contributed by atoms with van der Waals surface area (Å²) in [6.07, 6.45) is 1.89. The third kappa shape index (κ3) is 6.48. The van der Waals surface area contributed by atoms with Crippen molar-refractivity contribution in [2.24, 2.45) is 4.99 Å². The summed E-state index contributed by atoms with van der Waals surface area (Å²) in [5, 5.41) is 6.96. The van der Waals surface area contributed by atoms with Gasteiger partial charge in [-0.1, -0.05) is 29.8 Å². The second-order valence-corrected chi connectivity index (χ2v) is 8.32. The smallest absolute Gasteiger partial charge is 0.253 e. The maximum Gasteiger partial charge on any atom is 0.253 e. The molecule has 1 aliphatic rings. The van der Waals surface area contributed by atoms with E-state index in [9.17, 15) is 4.79 Å². The van der Waals surface area contributed by atoms with Crippen molar-refractivity contribution in [3.63, 3.8) is 0 Å². The van der Waals surface area contributed by atoms with Crippen molar-refractivity contribution in [3.05, 3.63) is 65.2 Å². The number of aliphatic imine (C=N–C) groups is 1. The van der Waals surface area contributed by atoms with Crippen molar-refractivity contribution < 1.29 is 4.79 Å². The fourth-order valence-corrected chi connectivity index (χ4v) is 3.80. The summed E-state index contributed by atoms with van der Waals surface area (Å²) < 4.78 is 0. The molecule has 0 bridgehead atoms. The van der Waals surface area contributed by atoms with E-state index in [0.717, 1.165) is 49.6 Å². The molecular formula is C25H35N5O. The van der Waals surface area contributed by atoms with Crippen LogP contribution in [0.15, 0.2) is 53.5 Å². The zero-order valence-corrected chi connectivity index (χ0v) is 19.2. The number of aryl methyl sites for hydroxylation is 1. The Bertz CT molecular complexity index is 891. The molecule has 1 heterocycles. The lowest BCUT2D eigenvalue weighted by Crippen LogP contribution is -2.44. The lowest BCUT2D eigenvalue weighted by Gasteiger charge is -2.20. The van der Waals surface area contributed by atoms with Crippen molar-refractivity contribution in [3.8, 4) is 0 Å². The van der Waals surface area contributed by atoms with Gasteiger partial charge >= 0.3 is 0 Å². The van der Waals surface area contributed by atoms with E-state index in [1.165, 1.54) is 11.3 Å².